The Morgan fingerprint density at radius 3 is 2.63 bits per heavy atom. The van der Waals surface area contributed by atoms with Crippen LogP contribution in [-0.4, -0.2) is 42.2 Å². The van der Waals surface area contributed by atoms with Crippen LogP contribution in [0.1, 0.15) is 11.4 Å². The molecule has 160 valence electrons. The van der Waals surface area contributed by atoms with Gasteiger partial charge in [0.1, 0.15) is 17.2 Å². The molecular formula is C17H15ClF3N5O3S. The highest BCUT2D eigenvalue weighted by Gasteiger charge is 2.20. The molecule has 4 N–H and O–H groups in total. The van der Waals surface area contributed by atoms with E-state index in [0.29, 0.717) is 0 Å². The largest absolute Gasteiger partial charge is 0.409 e. The summed E-state index contributed by atoms with van der Waals surface area (Å²) in [4.78, 5) is 6.73. The molecule has 0 fully saturated rings. The predicted octanol–water partition coefficient (Wildman–Crippen LogP) is 2.97. The first-order chi connectivity index (χ1) is 14.1. The second kappa shape index (κ2) is 8.50. The first kappa shape index (κ1) is 21.9. The Morgan fingerprint density at radius 1 is 1.27 bits per heavy atom. The van der Waals surface area contributed by atoms with Gasteiger partial charge in [-0.05, 0) is 24.3 Å². The molecule has 0 spiro atoms. The summed E-state index contributed by atoms with van der Waals surface area (Å²) in [5.41, 5.74) is -0.193. The van der Waals surface area contributed by atoms with Crippen molar-refractivity contribution in [2.75, 3.05) is 18.1 Å². The number of hydrogen-bond acceptors (Lipinski definition) is 5. The molecule has 0 radical (unpaired) electrons. The molecule has 8 nitrogen and oxygen atoms in total. The minimum Gasteiger partial charge on any atom is -0.409 e. The fourth-order valence-electron chi connectivity index (χ4n) is 2.67. The predicted molar refractivity (Wildman–Crippen MR) is 106 cm³/mol. The molecule has 0 saturated carbocycles. The first-order valence-electron chi connectivity index (χ1n) is 8.34. The molecule has 0 atom stereocenters. The number of hydrogen-bond donors (Lipinski definition) is 4. The first-order valence-corrected chi connectivity index (χ1v) is 10.6. The number of benzene rings is 2. The average Bonchev–Trinajstić information content (AvgIpc) is 3.09. The molecule has 3 rings (SSSR count). The molecule has 0 aliphatic carbocycles. The zero-order chi connectivity index (χ0) is 22.1. The maximum absolute atomic E-state index is 14.2. The summed E-state index contributed by atoms with van der Waals surface area (Å²) in [7, 11) is -3.43. The summed E-state index contributed by atoms with van der Waals surface area (Å²) in [5.74, 6) is -3.25. The van der Waals surface area contributed by atoms with Crippen molar-refractivity contribution in [3.63, 3.8) is 0 Å². The summed E-state index contributed by atoms with van der Waals surface area (Å²) >= 11 is 5.72. The highest BCUT2D eigenvalue weighted by atomic mass is 35.5. The lowest BCUT2D eigenvalue weighted by molar-refractivity contribution is 0.319. The van der Waals surface area contributed by atoms with E-state index in [2.05, 4.69) is 25.2 Å². The van der Waals surface area contributed by atoms with Crippen LogP contribution in [0.5, 0.6) is 0 Å². The Morgan fingerprint density at radius 2 is 2.00 bits per heavy atom. The Labute approximate surface area is 173 Å². The van der Waals surface area contributed by atoms with E-state index >= 15 is 0 Å². The van der Waals surface area contributed by atoms with Gasteiger partial charge in [0.2, 0.25) is 10.0 Å². The van der Waals surface area contributed by atoms with Crippen molar-refractivity contribution < 1.29 is 26.8 Å². The third kappa shape index (κ3) is 4.83. The number of nitrogens with one attached hydrogen (secondary N) is 3. The molecule has 30 heavy (non-hydrogen) atoms. The number of aromatic amines is 1. The number of fused-ring (bicyclic) bond motifs is 1. The van der Waals surface area contributed by atoms with E-state index in [9.17, 15) is 26.8 Å². The Kier molecular flexibility index (Phi) is 6.19. The molecule has 0 aliphatic rings. The molecule has 13 heteroatoms. The molecule has 1 heterocycles. The van der Waals surface area contributed by atoms with Crippen molar-refractivity contribution in [1.82, 2.24) is 14.7 Å². The standard InChI is InChI=1S/C17H15ClF3N5O3S/c1-30(28,29)22-5-4-13-24-15-9(7-12(20)14(21)16(15)25-13)17(26-27)23-8-2-3-11(19)10(18)6-8/h2-3,6-7,22,27H,4-5H2,1H3,(H,23,26)(H,24,25). The van der Waals surface area contributed by atoms with Gasteiger partial charge in [-0.15, -0.1) is 0 Å². The van der Waals surface area contributed by atoms with Crippen molar-refractivity contribution in [1.29, 1.82) is 0 Å². The number of amidine groups is 1. The quantitative estimate of drug-likeness (QED) is 0.195. The molecule has 0 unspecified atom stereocenters. The van der Waals surface area contributed by atoms with Gasteiger partial charge in [-0.2, -0.15) is 0 Å². The highest BCUT2D eigenvalue weighted by molar-refractivity contribution is 7.88. The normalized spacial score (nSPS) is 12.5. The van der Waals surface area contributed by atoms with E-state index in [0.717, 1.165) is 18.4 Å². The maximum Gasteiger partial charge on any atom is 0.208 e. The van der Waals surface area contributed by atoms with E-state index < -0.39 is 27.5 Å². The van der Waals surface area contributed by atoms with Crippen LogP contribution in [0, 0.1) is 17.5 Å². The van der Waals surface area contributed by atoms with Gasteiger partial charge in [0.25, 0.3) is 0 Å². The van der Waals surface area contributed by atoms with Gasteiger partial charge in [0.05, 0.1) is 16.8 Å². The van der Waals surface area contributed by atoms with E-state index in [1.807, 2.05) is 0 Å². The maximum atomic E-state index is 14.2. The molecule has 0 saturated heterocycles. The van der Waals surface area contributed by atoms with Crippen molar-refractivity contribution >= 4 is 44.2 Å². The monoisotopic (exact) mass is 461 g/mol. The van der Waals surface area contributed by atoms with Crippen LogP contribution in [0.15, 0.2) is 29.4 Å². The van der Waals surface area contributed by atoms with Crippen LogP contribution in [0.3, 0.4) is 0 Å². The number of sulfonamides is 1. The number of anilines is 1. The summed E-state index contributed by atoms with van der Waals surface area (Å²) in [6.45, 7) is -0.0225. The smallest absolute Gasteiger partial charge is 0.208 e. The van der Waals surface area contributed by atoms with E-state index in [-0.39, 0.29) is 51.9 Å². The number of rotatable bonds is 6. The fourth-order valence-corrected chi connectivity index (χ4v) is 3.32. The lowest BCUT2D eigenvalue weighted by Crippen LogP contribution is -2.24. The zero-order valence-electron chi connectivity index (χ0n) is 15.3. The number of aromatic nitrogens is 2. The van der Waals surface area contributed by atoms with Gasteiger partial charge in [-0.1, -0.05) is 16.8 Å². The average molecular weight is 462 g/mol. The SMILES string of the molecule is CS(=O)(=O)NCCc1nc2c(F)c(F)cc(/C(=N/O)Nc3ccc(F)c(Cl)c3)c2[nH]1. The third-order valence-corrected chi connectivity index (χ3v) is 4.99. The molecule has 3 aromatic rings. The van der Waals surface area contributed by atoms with Crippen LogP contribution in [0.2, 0.25) is 5.02 Å². The van der Waals surface area contributed by atoms with Crippen LogP contribution < -0.4 is 10.0 Å². The number of nitrogens with zero attached hydrogens (tertiary/aromatic N) is 2. The van der Waals surface area contributed by atoms with Crippen molar-refractivity contribution in [2.24, 2.45) is 5.16 Å². The molecule has 0 amide bonds. The number of H-pyrrole nitrogens is 1. The molecule has 0 bridgehead atoms. The third-order valence-electron chi connectivity index (χ3n) is 3.97. The zero-order valence-corrected chi connectivity index (χ0v) is 16.9. The highest BCUT2D eigenvalue weighted by Crippen LogP contribution is 2.25. The Bertz CT molecular complexity index is 1250. The van der Waals surface area contributed by atoms with Gasteiger partial charge in [-0.3, -0.25) is 0 Å². The summed E-state index contributed by atoms with van der Waals surface area (Å²) < 4.78 is 66.3. The minimum absolute atomic E-state index is 0.0109. The van der Waals surface area contributed by atoms with Gasteiger partial charge in [0, 0.05) is 24.2 Å². The molecule has 1 aromatic heterocycles. The Hall–Kier alpha value is -2.83. The Balaban J connectivity index is 1.98. The lowest BCUT2D eigenvalue weighted by Gasteiger charge is -2.10. The summed E-state index contributed by atoms with van der Waals surface area (Å²) in [6, 6.07) is 4.39. The molecular weight excluding hydrogens is 447 g/mol. The number of oxime groups is 1. The number of halogens is 4. The van der Waals surface area contributed by atoms with Crippen molar-refractivity contribution in [3.05, 3.63) is 58.1 Å². The van der Waals surface area contributed by atoms with Crippen LogP contribution in [-0.2, 0) is 16.4 Å². The summed E-state index contributed by atoms with van der Waals surface area (Å²) in [6.07, 6.45) is 1.05. The van der Waals surface area contributed by atoms with E-state index in [1.165, 1.54) is 12.1 Å². The van der Waals surface area contributed by atoms with Crippen molar-refractivity contribution in [3.8, 4) is 0 Å². The van der Waals surface area contributed by atoms with Crippen LogP contribution in [0.4, 0.5) is 18.9 Å². The minimum atomic E-state index is -3.43. The van der Waals surface area contributed by atoms with Gasteiger partial charge >= 0.3 is 0 Å². The molecule has 0 aliphatic heterocycles. The second-order valence-corrected chi connectivity index (χ2v) is 8.49. The summed E-state index contributed by atoms with van der Waals surface area (Å²) in [5, 5.41) is 14.9. The van der Waals surface area contributed by atoms with E-state index in [1.54, 1.807) is 0 Å². The van der Waals surface area contributed by atoms with Crippen molar-refractivity contribution in [2.45, 2.75) is 6.42 Å². The lowest BCUT2D eigenvalue weighted by atomic mass is 10.1. The second-order valence-electron chi connectivity index (χ2n) is 6.25. The van der Waals surface area contributed by atoms with Crippen LogP contribution >= 0.6 is 11.6 Å². The number of imidazole rings is 1. The van der Waals surface area contributed by atoms with Gasteiger partial charge < -0.3 is 15.5 Å². The van der Waals surface area contributed by atoms with Gasteiger partial charge in [-0.25, -0.2) is 31.3 Å². The topological polar surface area (TPSA) is 119 Å². The fraction of sp³-hybridized carbons (Fsp3) is 0.176. The van der Waals surface area contributed by atoms with E-state index in [4.69, 9.17) is 11.6 Å². The molecule has 2 aromatic carbocycles. The van der Waals surface area contributed by atoms with Gasteiger partial charge in [0.15, 0.2) is 17.5 Å². The van der Waals surface area contributed by atoms with Crippen LogP contribution in [0.25, 0.3) is 11.0 Å².